The Hall–Kier alpha value is -3.93. The molecule has 1 saturated carbocycles. The SMILES string of the molecule is CCc1ccc(C(=O)C2Oc3ccccc3C3CC(c4ccc(C(=O)NC5CCCC5)cc4)=NN23)cc1. The Morgan fingerprint density at radius 1 is 0.946 bits per heavy atom. The van der Waals surface area contributed by atoms with Gasteiger partial charge in [0, 0.05) is 29.2 Å². The van der Waals surface area contributed by atoms with Gasteiger partial charge < -0.3 is 10.1 Å². The number of amides is 1. The number of hydrogen-bond donors (Lipinski definition) is 1. The number of benzene rings is 3. The first-order chi connectivity index (χ1) is 18.1. The van der Waals surface area contributed by atoms with Gasteiger partial charge in [0.15, 0.2) is 0 Å². The maximum Gasteiger partial charge on any atom is 0.251 e. The summed E-state index contributed by atoms with van der Waals surface area (Å²) in [5.41, 5.74) is 5.31. The van der Waals surface area contributed by atoms with E-state index in [4.69, 9.17) is 9.84 Å². The van der Waals surface area contributed by atoms with Crippen molar-refractivity contribution in [1.82, 2.24) is 10.3 Å². The summed E-state index contributed by atoms with van der Waals surface area (Å²) in [7, 11) is 0. The van der Waals surface area contributed by atoms with E-state index in [0.29, 0.717) is 17.5 Å². The molecule has 2 unspecified atom stereocenters. The summed E-state index contributed by atoms with van der Waals surface area (Å²) >= 11 is 0. The van der Waals surface area contributed by atoms with Crippen molar-refractivity contribution in [2.75, 3.05) is 0 Å². The van der Waals surface area contributed by atoms with Crippen molar-refractivity contribution in [3.05, 3.63) is 101 Å². The molecular weight excluding hydrogens is 462 g/mol. The van der Waals surface area contributed by atoms with Gasteiger partial charge in [-0.25, -0.2) is 5.01 Å². The molecule has 3 aromatic rings. The fourth-order valence-corrected chi connectivity index (χ4v) is 5.58. The largest absolute Gasteiger partial charge is 0.461 e. The maximum absolute atomic E-state index is 13.6. The van der Waals surface area contributed by atoms with Crippen LogP contribution in [0.25, 0.3) is 0 Å². The van der Waals surface area contributed by atoms with Crippen LogP contribution in [0.3, 0.4) is 0 Å². The van der Waals surface area contributed by atoms with E-state index in [1.165, 1.54) is 18.4 Å². The molecule has 2 heterocycles. The van der Waals surface area contributed by atoms with Crippen LogP contribution in [0, 0.1) is 0 Å². The van der Waals surface area contributed by atoms with Crippen molar-refractivity contribution in [3.63, 3.8) is 0 Å². The lowest BCUT2D eigenvalue weighted by Gasteiger charge is -2.37. The van der Waals surface area contributed by atoms with Crippen LogP contribution in [0.1, 0.15) is 82.5 Å². The number of ether oxygens (including phenoxy) is 1. The molecule has 0 aromatic heterocycles. The van der Waals surface area contributed by atoms with Crippen molar-refractivity contribution < 1.29 is 14.3 Å². The Morgan fingerprint density at radius 3 is 2.38 bits per heavy atom. The first kappa shape index (κ1) is 23.5. The molecule has 1 amide bonds. The highest BCUT2D eigenvalue weighted by atomic mass is 16.5. The minimum absolute atomic E-state index is 0.0219. The number of carbonyl (C=O) groups excluding carboxylic acids is 2. The molecule has 6 heteroatoms. The highest BCUT2D eigenvalue weighted by molar-refractivity contribution is 6.04. The molecule has 37 heavy (non-hydrogen) atoms. The lowest BCUT2D eigenvalue weighted by atomic mass is 9.95. The third kappa shape index (κ3) is 4.52. The number of hydrogen-bond acceptors (Lipinski definition) is 5. The van der Waals surface area contributed by atoms with Gasteiger partial charge >= 0.3 is 0 Å². The Balaban J connectivity index is 1.26. The molecule has 3 aromatic carbocycles. The molecule has 1 N–H and O–H groups in total. The van der Waals surface area contributed by atoms with E-state index >= 15 is 0 Å². The summed E-state index contributed by atoms with van der Waals surface area (Å²) in [6, 6.07) is 23.4. The molecule has 0 radical (unpaired) electrons. The molecule has 2 aliphatic heterocycles. The second-order valence-electron chi connectivity index (χ2n) is 10.1. The lowest BCUT2D eigenvalue weighted by molar-refractivity contribution is -0.00455. The standard InChI is InChI=1S/C31H31N3O3/c1-2-20-11-13-22(14-12-20)29(35)31-34-27(25-9-5-6-10-28(25)37-31)19-26(33-34)21-15-17-23(18-16-21)30(36)32-24-7-3-4-8-24/h5-6,9-18,24,27,31H,2-4,7-8,19H2,1H3,(H,32,36). The lowest BCUT2D eigenvalue weighted by Crippen LogP contribution is -2.45. The normalized spacial score (nSPS) is 20.6. The summed E-state index contributed by atoms with van der Waals surface area (Å²) in [5, 5.41) is 9.86. The third-order valence-corrected chi connectivity index (χ3v) is 7.74. The van der Waals surface area contributed by atoms with Crippen molar-refractivity contribution >= 4 is 17.4 Å². The van der Waals surface area contributed by atoms with Crippen molar-refractivity contribution in [2.24, 2.45) is 5.10 Å². The van der Waals surface area contributed by atoms with Crippen LogP contribution < -0.4 is 10.1 Å². The van der Waals surface area contributed by atoms with Gasteiger partial charge in [0.1, 0.15) is 5.75 Å². The predicted molar refractivity (Wildman–Crippen MR) is 143 cm³/mol. The smallest absolute Gasteiger partial charge is 0.251 e. The summed E-state index contributed by atoms with van der Waals surface area (Å²) in [5.74, 6) is 0.597. The summed E-state index contributed by atoms with van der Waals surface area (Å²) < 4.78 is 6.23. The van der Waals surface area contributed by atoms with Crippen molar-refractivity contribution in [3.8, 4) is 5.75 Å². The van der Waals surface area contributed by atoms with Crippen LogP contribution in [0.15, 0.2) is 77.9 Å². The second-order valence-corrected chi connectivity index (χ2v) is 10.1. The number of fused-ring (bicyclic) bond motifs is 3. The fourth-order valence-electron chi connectivity index (χ4n) is 5.58. The van der Waals surface area contributed by atoms with Crippen LogP contribution in [-0.2, 0) is 6.42 Å². The zero-order valence-corrected chi connectivity index (χ0v) is 21.0. The van der Waals surface area contributed by atoms with Gasteiger partial charge in [-0.05, 0) is 48.6 Å². The monoisotopic (exact) mass is 493 g/mol. The summed E-state index contributed by atoms with van der Waals surface area (Å²) in [6.07, 6.45) is 5.23. The fraction of sp³-hybridized carbons (Fsp3) is 0.323. The number of aryl methyl sites for hydroxylation is 1. The highest BCUT2D eigenvalue weighted by Gasteiger charge is 2.43. The van der Waals surface area contributed by atoms with Crippen LogP contribution in [0.4, 0.5) is 0 Å². The molecule has 188 valence electrons. The molecule has 1 aliphatic carbocycles. The molecule has 0 saturated heterocycles. The number of ketones is 1. The van der Waals surface area contributed by atoms with E-state index in [-0.39, 0.29) is 23.8 Å². The van der Waals surface area contributed by atoms with Gasteiger partial charge in [-0.15, -0.1) is 0 Å². The predicted octanol–water partition coefficient (Wildman–Crippen LogP) is 5.67. The van der Waals surface area contributed by atoms with Gasteiger partial charge in [-0.2, -0.15) is 5.10 Å². The van der Waals surface area contributed by atoms with E-state index in [9.17, 15) is 9.59 Å². The molecular formula is C31H31N3O3. The Morgan fingerprint density at radius 2 is 1.65 bits per heavy atom. The van der Waals surface area contributed by atoms with Crippen molar-refractivity contribution in [2.45, 2.75) is 63.8 Å². The van der Waals surface area contributed by atoms with Crippen LogP contribution in [-0.4, -0.2) is 34.7 Å². The minimum atomic E-state index is -0.832. The third-order valence-electron chi connectivity index (χ3n) is 7.74. The molecule has 0 bridgehead atoms. The van der Waals surface area contributed by atoms with Gasteiger partial charge in [0.2, 0.25) is 5.78 Å². The molecule has 6 nitrogen and oxygen atoms in total. The Bertz CT molecular complexity index is 1340. The van der Waals surface area contributed by atoms with E-state index < -0.39 is 6.23 Å². The Labute approximate surface area is 217 Å². The summed E-state index contributed by atoms with van der Waals surface area (Å²) in [4.78, 5) is 26.2. The molecule has 1 fully saturated rings. The number of hydrazone groups is 1. The van der Waals surface area contributed by atoms with E-state index in [2.05, 4.69) is 12.2 Å². The average Bonchev–Trinajstić information content (AvgIpc) is 3.63. The molecule has 3 aliphatic rings. The van der Waals surface area contributed by atoms with Crippen LogP contribution in [0.2, 0.25) is 0 Å². The van der Waals surface area contributed by atoms with Gasteiger partial charge in [-0.3, -0.25) is 9.59 Å². The molecule has 2 atom stereocenters. The summed E-state index contributed by atoms with van der Waals surface area (Å²) in [6.45, 7) is 2.09. The molecule has 0 spiro atoms. The van der Waals surface area contributed by atoms with Crippen molar-refractivity contribution in [1.29, 1.82) is 0 Å². The molecule has 6 rings (SSSR count). The first-order valence-electron chi connectivity index (χ1n) is 13.3. The number of nitrogens with zero attached hydrogens (tertiary/aromatic N) is 2. The van der Waals surface area contributed by atoms with E-state index in [1.807, 2.05) is 77.8 Å². The van der Waals surface area contributed by atoms with Gasteiger partial charge in [-0.1, -0.05) is 74.4 Å². The number of para-hydroxylation sites is 1. The zero-order chi connectivity index (χ0) is 25.4. The number of carbonyl (C=O) groups is 2. The highest BCUT2D eigenvalue weighted by Crippen LogP contribution is 2.43. The Kier molecular flexibility index (Phi) is 6.25. The minimum Gasteiger partial charge on any atom is -0.461 e. The van der Waals surface area contributed by atoms with E-state index in [1.54, 1.807) is 0 Å². The number of Topliss-reactive ketones (excluding diaryl/α,β-unsaturated/α-hetero) is 1. The maximum atomic E-state index is 13.6. The first-order valence-corrected chi connectivity index (χ1v) is 13.3. The van der Waals surface area contributed by atoms with E-state index in [0.717, 1.165) is 41.9 Å². The number of nitrogens with one attached hydrogen (secondary N) is 1. The number of rotatable bonds is 6. The zero-order valence-electron chi connectivity index (χ0n) is 21.0. The second kappa shape index (κ2) is 9.85. The topological polar surface area (TPSA) is 71.0 Å². The quantitative estimate of drug-likeness (QED) is 0.449. The van der Waals surface area contributed by atoms with Gasteiger partial charge in [0.05, 0.1) is 11.8 Å². The van der Waals surface area contributed by atoms with Crippen LogP contribution in [0.5, 0.6) is 5.75 Å². The average molecular weight is 494 g/mol. The van der Waals surface area contributed by atoms with Crippen LogP contribution >= 0.6 is 0 Å². The van der Waals surface area contributed by atoms with Gasteiger partial charge in [0.25, 0.3) is 12.1 Å².